The van der Waals surface area contributed by atoms with Crippen molar-refractivity contribution in [2.75, 3.05) is 0 Å². The lowest BCUT2D eigenvalue weighted by Gasteiger charge is -2.46. The van der Waals surface area contributed by atoms with Gasteiger partial charge in [-0.15, -0.1) is 0 Å². The largest absolute Gasteiger partial charge is 0.348 e. The van der Waals surface area contributed by atoms with Crippen LogP contribution < -0.4 is 10.6 Å². The molecule has 0 saturated carbocycles. The van der Waals surface area contributed by atoms with Crippen molar-refractivity contribution >= 4 is 27.5 Å². The summed E-state index contributed by atoms with van der Waals surface area (Å²) in [7, 11) is 0. The van der Waals surface area contributed by atoms with E-state index < -0.39 is 0 Å². The Hall–Kier alpha value is -1.40. The Morgan fingerprint density at radius 2 is 1.92 bits per heavy atom. The minimum Gasteiger partial charge on any atom is -0.348 e. The van der Waals surface area contributed by atoms with Crippen molar-refractivity contribution in [1.82, 2.24) is 20.0 Å². The molecule has 2 N–H and O–H groups in total. The highest BCUT2D eigenvalue weighted by Gasteiger charge is 2.38. The maximum Gasteiger partial charge on any atom is 0.270 e. The number of aryl methyl sites for hydroxylation is 1. The van der Waals surface area contributed by atoms with Crippen LogP contribution in [0.1, 0.15) is 56.7 Å². The molecule has 1 saturated heterocycles. The van der Waals surface area contributed by atoms with Crippen LogP contribution in [0.25, 0.3) is 5.65 Å². The molecule has 3 rings (SSSR count). The standard InChI is InChI=1S/C18H25BrN4O/c1-11-15(23-10-12(19)6-7-14(23)20-11)16(24)21-13-8-17(2,3)22-18(4,5)9-13/h6-7,10,13,22H,8-9H2,1-5H3,(H,21,24). The Morgan fingerprint density at radius 3 is 2.54 bits per heavy atom. The van der Waals surface area contributed by atoms with Crippen LogP contribution in [0, 0.1) is 6.92 Å². The van der Waals surface area contributed by atoms with Crippen LogP contribution in [0.5, 0.6) is 0 Å². The normalized spacial score (nSPS) is 20.2. The van der Waals surface area contributed by atoms with Gasteiger partial charge >= 0.3 is 0 Å². The monoisotopic (exact) mass is 392 g/mol. The molecular formula is C18H25BrN4O. The number of pyridine rings is 1. The van der Waals surface area contributed by atoms with Gasteiger partial charge in [0.25, 0.3) is 5.91 Å². The number of carbonyl (C=O) groups excluding carboxylic acids is 1. The zero-order valence-electron chi connectivity index (χ0n) is 14.9. The summed E-state index contributed by atoms with van der Waals surface area (Å²) >= 11 is 3.46. The number of nitrogens with zero attached hydrogens (tertiary/aromatic N) is 2. The van der Waals surface area contributed by atoms with Crippen LogP contribution in [-0.2, 0) is 0 Å². The van der Waals surface area contributed by atoms with Crippen LogP contribution >= 0.6 is 15.9 Å². The van der Waals surface area contributed by atoms with Gasteiger partial charge in [0.2, 0.25) is 0 Å². The van der Waals surface area contributed by atoms with E-state index in [1.165, 1.54) is 0 Å². The summed E-state index contributed by atoms with van der Waals surface area (Å²) < 4.78 is 2.78. The van der Waals surface area contributed by atoms with E-state index in [9.17, 15) is 4.79 Å². The smallest absolute Gasteiger partial charge is 0.270 e. The van der Waals surface area contributed by atoms with Crippen LogP contribution in [0.2, 0.25) is 0 Å². The summed E-state index contributed by atoms with van der Waals surface area (Å²) in [4.78, 5) is 17.4. The minimum absolute atomic E-state index is 0.00273. The van der Waals surface area contributed by atoms with Crippen molar-refractivity contribution < 1.29 is 4.79 Å². The molecule has 0 aliphatic carbocycles. The van der Waals surface area contributed by atoms with E-state index in [0.29, 0.717) is 5.69 Å². The topological polar surface area (TPSA) is 58.4 Å². The number of aromatic nitrogens is 2. The summed E-state index contributed by atoms with van der Waals surface area (Å²) in [5, 5.41) is 6.87. The van der Waals surface area contributed by atoms with Gasteiger partial charge in [0.05, 0.1) is 5.69 Å². The zero-order chi connectivity index (χ0) is 17.7. The molecule has 0 bridgehead atoms. The van der Waals surface area contributed by atoms with E-state index in [0.717, 1.165) is 28.7 Å². The first-order valence-electron chi connectivity index (χ1n) is 8.31. The van der Waals surface area contributed by atoms with Crippen LogP contribution in [0.3, 0.4) is 0 Å². The SMILES string of the molecule is Cc1nc2ccc(Br)cn2c1C(=O)NC1CC(C)(C)NC(C)(C)C1. The number of nitrogens with one attached hydrogen (secondary N) is 2. The molecule has 1 fully saturated rings. The van der Waals surface area contributed by atoms with Crippen molar-refractivity contribution in [3.63, 3.8) is 0 Å². The minimum atomic E-state index is -0.0587. The second kappa shape index (κ2) is 5.85. The summed E-state index contributed by atoms with van der Waals surface area (Å²) in [5.74, 6) is -0.0587. The maximum absolute atomic E-state index is 12.9. The molecule has 0 spiro atoms. The number of piperidine rings is 1. The van der Waals surface area contributed by atoms with Gasteiger partial charge in [0, 0.05) is 27.8 Å². The van der Waals surface area contributed by atoms with Gasteiger partial charge in [0.15, 0.2) is 0 Å². The molecule has 3 heterocycles. The third-order valence-corrected chi connectivity index (χ3v) is 4.97. The summed E-state index contributed by atoms with van der Waals surface area (Å²) in [6.07, 6.45) is 3.70. The average Bonchev–Trinajstić information content (AvgIpc) is 2.69. The Kier molecular flexibility index (Phi) is 4.24. The highest BCUT2D eigenvalue weighted by molar-refractivity contribution is 9.10. The number of amides is 1. The fraction of sp³-hybridized carbons (Fsp3) is 0.556. The molecule has 0 radical (unpaired) electrons. The van der Waals surface area contributed by atoms with E-state index >= 15 is 0 Å². The lowest BCUT2D eigenvalue weighted by Crippen LogP contribution is -2.62. The van der Waals surface area contributed by atoms with Gasteiger partial charge in [0.1, 0.15) is 11.3 Å². The lowest BCUT2D eigenvalue weighted by molar-refractivity contribution is 0.0867. The molecule has 0 aromatic carbocycles. The second-order valence-corrected chi connectivity index (χ2v) is 9.01. The van der Waals surface area contributed by atoms with E-state index in [2.05, 4.69) is 59.2 Å². The van der Waals surface area contributed by atoms with Crippen molar-refractivity contribution in [3.05, 3.63) is 34.2 Å². The highest BCUT2D eigenvalue weighted by atomic mass is 79.9. The fourth-order valence-corrected chi connectivity index (χ4v) is 4.42. The number of imidazole rings is 1. The number of rotatable bonds is 2. The third-order valence-electron chi connectivity index (χ3n) is 4.50. The van der Waals surface area contributed by atoms with Gasteiger partial charge < -0.3 is 10.6 Å². The first-order chi connectivity index (χ1) is 11.1. The Balaban J connectivity index is 1.88. The van der Waals surface area contributed by atoms with Gasteiger partial charge in [-0.3, -0.25) is 9.20 Å². The number of hydrogen-bond donors (Lipinski definition) is 2. The Morgan fingerprint density at radius 1 is 1.29 bits per heavy atom. The molecule has 1 amide bonds. The number of hydrogen-bond acceptors (Lipinski definition) is 3. The van der Waals surface area contributed by atoms with Crippen molar-refractivity contribution in [2.45, 2.75) is 64.6 Å². The van der Waals surface area contributed by atoms with E-state index in [-0.39, 0.29) is 23.0 Å². The molecule has 0 atom stereocenters. The van der Waals surface area contributed by atoms with E-state index in [4.69, 9.17) is 0 Å². The van der Waals surface area contributed by atoms with Crippen LogP contribution in [0.4, 0.5) is 0 Å². The highest BCUT2D eigenvalue weighted by Crippen LogP contribution is 2.29. The van der Waals surface area contributed by atoms with Crippen molar-refractivity contribution in [2.24, 2.45) is 0 Å². The lowest BCUT2D eigenvalue weighted by atomic mass is 9.79. The Labute approximate surface area is 151 Å². The van der Waals surface area contributed by atoms with Crippen LogP contribution in [-0.4, -0.2) is 32.4 Å². The summed E-state index contributed by atoms with van der Waals surface area (Å²) in [6, 6.07) is 3.98. The van der Waals surface area contributed by atoms with Crippen molar-refractivity contribution in [1.29, 1.82) is 0 Å². The molecular weight excluding hydrogens is 368 g/mol. The summed E-state index contributed by atoms with van der Waals surface area (Å²) in [5.41, 5.74) is 2.14. The number of halogens is 1. The predicted octanol–water partition coefficient (Wildman–Crippen LogP) is 3.44. The second-order valence-electron chi connectivity index (χ2n) is 8.09. The maximum atomic E-state index is 12.9. The molecule has 1 aliphatic heterocycles. The first kappa shape index (κ1) is 17.4. The molecule has 0 unspecified atom stereocenters. The third kappa shape index (κ3) is 3.49. The Bertz CT molecular complexity index is 778. The molecule has 5 nitrogen and oxygen atoms in total. The molecule has 24 heavy (non-hydrogen) atoms. The van der Waals surface area contributed by atoms with Gasteiger partial charge in [-0.25, -0.2) is 4.98 Å². The van der Waals surface area contributed by atoms with Gasteiger partial charge in [-0.05, 0) is 75.5 Å². The number of carbonyl (C=O) groups is 1. The molecule has 1 aliphatic rings. The molecule has 2 aromatic rings. The average molecular weight is 393 g/mol. The van der Waals surface area contributed by atoms with Crippen molar-refractivity contribution in [3.8, 4) is 0 Å². The molecule has 2 aromatic heterocycles. The van der Waals surface area contributed by atoms with Gasteiger partial charge in [-0.1, -0.05) is 0 Å². The van der Waals surface area contributed by atoms with E-state index in [1.807, 2.05) is 29.7 Å². The fourth-order valence-electron chi connectivity index (χ4n) is 4.09. The summed E-state index contributed by atoms with van der Waals surface area (Å²) in [6.45, 7) is 10.6. The predicted molar refractivity (Wildman–Crippen MR) is 99.4 cm³/mol. The zero-order valence-corrected chi connectivity index (χ0v) is 16.5. The molecule has 6 heteroatoms. The van der Waals surface area contributed by atoms with E-state index in [1.54, 1.807) is 0 Å². The number of fused-ring (bicyclic) bond motifs is 1. The van der Waals surface area contributed by atoms with Gasteiger partial charge in [-0.2, -0.15) is 0 Å². The molecule has 130 valence electrons. The quantitative estimate of drug-likeness (QED) is 0.822. The van der Waals surface area contributed by atoms with Crippen LogP contribution in [0.15, 0.2) is 22.8 Å². The first-order valence-corrected chi connectivity index (χ1v) is 9.10.